The van der Waals surface area contributed by atoms with Gasteiger partial charge in [-0.05, 0) is 48.4 Å². The van der Waals surface area contributed by atoms with Crippen LogP contribution in [0.4, 0.5) is 0 Å². The van der Waals surface area contributed by atoms with Gasteiger partial charge in [-0.25, -0.2) is 4.98 Å². The number of fused-ring (bicyclic) bond motifs is 1. The number of nitrogens with one attached hydrogen (secondary N) is 1. The normalized spacial score (nSPS) is 10.9. The first kappa shape index (κ1) is 19.2. The Bertz CT molecular complexity index is 1110. The van der Waals surface area contributed by atoms with Crippen LogP contribution in [0.15, 0.2) is 73.1 Å². The van der Waals surface area contributed by atoms with Crippen LogP contribution in [0.1, 0.15) is 28.2 Å². The summed E-state index contributed by atoms with van der Waals surface area (Å²) in [6.07, 6.45) is 4.82. The molecule has 0 aliphatic carbocycles. The maximum absolute atomic E-state index is 12.2. The van der Waals surface area contributed by atoms with E-state index in [1.54, 1.807) is 24.5 Å². The molecule has 0 saturated carbocycles. The zero-order valence-electron chi connectivity index (χ0n) is 15.9. The highest BCUT2D eigenvalue weighted by molar-refractivity contribution is 6.30. The number of aromatic nitrogens is 3. The molecular weight excluding hydrogens is 384 g/mol. The van der Waals surface area contributed by atoms with Crippen molar-refractivity contribution in [2.45, 2.75) is 19.4 Å². The van der Waals surface area contributed by atoms with E-state index in [0.29, 0.717) is 12.1 Å². The Morgan fingerprint density at radius 1 is 1.00 bits per heavy atom. The minimum atomic E-state index is -0.0814. The highest BCUT2D eigenvalue weighted by atomic mass is 35.5. The molecule has 1 amide bonds. The summed E-state index contributed by atoms with van der Waals surface area (Å²) in [7, 11) is 0. The predicted octanol–water partition coefficient (Wildman–Crippen LogP) is 4.50. The smallest absolute Gasteiger partial charge is 0.251 e. The van der Waals surface area contributed by atoms with E-state index in [4.69, 9.17) is 16.6 Å². The van der Waals surface area contributed by atoms with Crippen molar-refractivity contribution in [1.82, 2.24) is 19.9 Å². The highest BCUT2D eigenvalue weighted by Crippen LogP contribution is 2.20. The third-order valence-corrected chi connectivity index (χ3v) is 5.04. The van der Waals surface area contributed by atoms with Crippen LogP contribution in [0, 0.1) is 0 Å². The lowest BCUT2D eigenvalue weighted by atomic mass is 10.2. The number of carbonyl (C=O) groups is 1. The quantitative estimate of drug-likeness (QED) is 0.461. The molecule has 0 radical (unpaired) electrons. The molecule has 0 atom stereocenters. The molecule has 0 spiro atoms. The van der Waals surface area contributed by atoms with Crippen molar-refractivity contribution in [2.24, 2.45) is 0 Å². The lowest BCUT2D eigenvalue weighted by Crippen LogP contribution is -2.25. The predicted molar refractivity (Wildman–Crippen MR) is 115 cm³/mol. The molecule has 0 saturated heterocycles. The Morgan fingerprint density at radius 3 is 2.55 bits per heavy atom. The summed E-state index contributed by atoms with van der Waals surface area (Å²) in [5, 5.41) is 3.69. The number of amides is 1. The van der Waals surface area contributed by atoms with Gasteiger partial charge in [0.25, 0.3) is 5.91 Å². The molecule has 0 aliphatic heterocycles. The molecule has 0 bridgehead atoms. The van der Waals surface area contributed by atoms with Gasteiger partial charge in [0.05, 0.1) is 11.0 Å². The topological polar surface area (TPSA) is 59.8 Å². The van der Waals surface area contributed by atoms with E-state index in [2.05, 4.69) is 20.9 Å². The first-order chi connectivity index (χ1) is 14.2. The van der Waals surface area contributed by atoms with Crippen molar-refractivity contribution in [3.05, 3.63) is 95.0 Å². The van der Waals surface area contributed by atoms with Crippen molar-refractivity contribution in [2.75, 3.05) is 6.54 Å². The van der Waals surface area contributed by atoms with E-state index in [1.165, 1.54) is 5.56 Å². The molecule has 0 unspecified atom stereocenters. The van der Waals surface area contributed by atoms with E-state index in [9.17, 15) is 4.79 Å². The average molecular weight is 405 g/mol. The Kier molecular flexibility index (Phi) is 5.86. The van der Waals surface area contributed by atoms with E-state index in [0.717, 1.165) is 41.3 Å². The molecule has 6 heteroatoms. The van der Waals surface area contributed by atoms with Crippen LogP contribution in [0.5, 0.6) is 0 Å². The largest absolute Gasteiger partial charge is 0.352 e. The molecule has 0 fully saturated rings. The van der Waals surface area contributed by atoms with Gasteiger partial charge >= 0.3 is 0 Å². The lowest BCUT2D eigenvalue weighted by molar-refractivity contribution is 0.0953. The van der Waals surface area contributed by atoms with Crippen LogP contribution < -0.4 is 5.32 Å². The summed E-state index contributed by atoms with van der Waals surface area (Å²) >= 11 is 6.02. The molecule has 146 valence electrons. The number of para-hydroxylation sites is 2. The summed E-state index contributed by atoms with van der Waals surface area (Å²) in [5.74, 6) is 0.932. The minimum Gasteiger partial charge on any atom is -0.352 e. The molecular formula is C23H21ClN4O. The molecule has 2 aromatic carbocycles. The van der Waals surface area contributed by atoms with Gasteiger partial charge < -0.3 is 9.88 Å². The van der Waals surface area contributed by atoms with E-state index >= 15 is 0 Å². The number of carbonyl (C=O) groups excluding carboxylic acids is 1. The van der Waals surface area contributed by atoms with Crippen LogP contribution in [-0.4, -0.2) is 27.0 Å². The molecule has 4 rings (SSSR count). The molecule has 5 nitrogen and oxygen atoms in total. The zero-order valence-corrected chi connectivity index (χ0v) is 16.6. The second kappa shape index (κ2) is 8.88. The van der Waals surface area contributed by atoms with Crippen LogP contribution in [0.3, 0.4) is 0 Å². The Labute approximate surface area is 174 Å². The Hall–Kier alpha value is -3.18. The molecule has 2 aromatic heterocycles. The number of halogens is 1. The van der Waals surface area contributed by atoms with Crippen molar-refractivity contribution in [1.29, 1.82) is 0 Å². The SMILES string of the molecule is O=C(NCCCc1nc2ccccc2n1Cc1ccc(Cl)cc1)c1ccncc1. The van der Waals surface area contributed by atoms with Crippen molar-refractivity contribution in [3.63, 3.8) is 0 Å². The van der Waals surface area contributed by atoms with Gasteiger partial charge in [-0.15, -0.1) is 0 Å². The van der Waals surface area contributed by atoms with E-state index < -0.39 is 0 Å². The standard InChI is InChI=1S/C23H21ClN4O/c24-19-9-7-17(8-10-19)16-28-21-5-2-1-4-20(21)27-22(28)6-3-13-26-23(29)18-11-14-25-15-12-18/h1-2,4-5,7-12,14-15H,3,6,13,16H2,(H,26,29). The van der Waals surface area contributed by atoms with Crippen molar-refractivity contribution < 1.29 is 4.79 Å². The number of rotatable bonds is 7. The van der Waals surface area contributed by atoms with Gasteiger partial charge in [-0.2, -0.15) is 0 Å². The summed E-state index contributed by atoms with van der Waals surface area (Å²) in [6.45, 7) is 1.32. The van der Waals surface area contributed by atoms with Gasteiger partial charge in [0.1, 0.15) is 5.82 Å². The monoisotopic (exact) mass is 404 g/mol. The molecule has 1 N–H and O–H groups in total. The van der Waals surface area contributed by atoms with Crippen LogP contribution in [-0.2, 0) is 13.0 Å². The van der Waals surface area contributed by atoms with Crippen LogP contribution >= 0.6 is 11.6 Å². The molecule has 2 heterocycles. The summed E-state index contributed by atoms with van der Waals surface area (Å²) in [4.78, 5) is 20.9. The fraction of sp³-hybridized carbons (Fsp3) is 0.174. The second-order valence-corrected chi connectivity index (χ2v) is 7.26. The van der Waals surface area contributed by atoms with E-state index in [1.807, 2.05) is 42.5 Å². The van der Waals surface area contributed by atoms with Crippen LogP contribution in [0.2, 0.25) is 5.02 Å². The fourth-order valence-electron chi connectivity index (χ4n) is 3.32. The highest BCUT2D eigenvalue weighted by Gasteiger charge is 2.11. The Morgan fingerprint density at radius 2 is 1.76 bits per heavy atom. The molecule has 29 heavy (non-hydrogen) atoms. The first-order valence-electron chi connectivity index (χ1n) is 9.57. The lowest BCUT2D eigenvalue weighted by Gasteiger charge is -2.10. The average Bonchev–Trinajstić information content (AvgIpc) is 3.10. The van der Waals surface area contributed by atoms with Gasteiger partial charge in [0, 0.05) is 42.5 Å². The third kappa shape index (κ3) is 4.63. The number of imidazole rings is 1. The number of nitrogens with zero attached hydrogens (tertiary/aromatic N) is 3. The maximum atomic E-state index is 12.2. The van der Waals surface area contributed by atoms with Crippen LogP contribution in [0.25, 0.3) is 11.0 Å². The zero-order chi connectivity index (χ0) is 20.1. The Balaban J connectivity index is 1.45. The maximum Gasteiger partial charge on any atom is 0.251 e. The summed E-state index contributed by atoms with van der Waals surface area (Å²) < 4.78 is 2.24. The third-order valence-electron chi connectivity index (χ3n) is 4.79. The first-order valence-corrected chi connectivity index (χ1v) is 9.95. The van der Waals surface area contributed by atoms with Crippen molar-refractivity contribution in [3.8, 4) is 0 Å². The van der Waals surface area contributed by atoms with Crippen molar-refractivity contribution >= 4 is 28.5 Å². The fourth-order valence-corrected chi connectivity index (χ4v) is 3.44. The number of hydrogen-bond donors (Lipinski definition) is 1. The number of aryl methyl sites for hydroxylation is 1. The van der Waals surface area contributed by atoms with E-state index in [-0.39, 0.29) is 5.91 Å². The van der Waals surface area contributed by atoms with Gasteiger partial charge in [0.15, 0.2) is 0 Å². The molecule has 4 aromatic rings. The molecule has 0 aliphatic rings. The van der Waals surface area contributed by atoms with Gasteiger partial charge in [-0.1, -0.05) is 35.9 Å². The van der Waals surface area contributed by atoms with Gasteiger partial charge in [0.2, 0.25) is 0 Å². The number of pyridine rings is 1. The summed E-state index contributed by atoms with van der Waals surface area (Å²) in [6, 6.07) is 19.5. The summed E-state index contributed by atoms with van der Waals surface area (Å²) in [5.41, 5.74) is 3.88. The minimum absolute atomic E-state index is 0.0814. The van der Waals surface area contributed by atoms with Gasteiger partial charge in [-0.3, -0.25) is 9.78 Å². The number of benzene rings is 2. The second-order valence-electron chi connectivity index (χ2n) is 6.82. The number of hydrogen-bond acceptors (Lipinski definition) is 3.